The van der Waals surface area contributed by atoms with Gasteiger partial charge in [-0.2, -0.15) is 24.9 Å². The van der Waals surface area contributed by atoms with Crippen molar-refractivity contribution in [3.63, 3.8) is 0 Å². The van der Waals surface area contributed by atoms with E-state index in [2.05, 4.69) is 89.1 Å². The number of nitrogen functional groups attached to an aromatic ring is 2. The molecule has 0 saturated carbocycles. The Morgan fingerprint density at radius 1 is 0.531 bits per heavy atom. The number of nitrogens with zero attached hydrogens (tertiary/aromatic N) is 6. The molecule has 6 N–H and O–H groups in total. The van der Waals surface area contributed by atoms with Gasteiger partial charge in [0.1, 0.15) is 11.6 Å². The number of hydrogen-bond acceptors (Lipinski definition) is 10. The normalized spacial score (nSPS) is 11.3. The molecule has 49 heavy (non-hydrogen) atoms. The number of anilines is 5. The van der Waals surface area contributed by atoms with Gasteiger partial charge in [0.05, 0.1) is 0 Å². The van der Waals surface area contributed by atoms with Crippen LogP contribution < -0.4 is 22.1 Å². The van der Waals surface area contributed by atoms with Crippen LogP contribution in [0, 0.1) is 13.8 Å². The number of nitrogens with two attached hydrogens (primary N) is 2. The van der Waals surface area contributed by atoms with Gasteiger partial charge in [0.15, 0.2) is 0 Å². The highest BCUT2D eigenvalue weighted by Gasteiger charge is 2.20. The highest BCUT2D eigenvalue weighted by molar-refractivity contribution is 6.33. The van der Waals surface area contributed by atoms with E-state index in [1.54, 1.807) is 0 Å². The summed E-state index contributed by atoms with van der Waals surface area (Å²) in [6, 6.07) is 25.1. The van der Waals surface area contributed by atoms with Crippen LogP contribution in [-0.4, -0.2) is 37.0 Å². The van der Waals surface area contributed by atoms with Gasteiger partial charge in [-0.25, -0.2) is 4.98 Å². The summed E-state index contributed by atoms with van der Waals surface area (Å²) in [5.74, 6) is 2.02. The van der Waals surface area contributed by atoms with E-state index in [-0.39, 0.29) is 23.3 Å². The maximum atomic E-state index is 5.79. The second-order valence-electron chi connectivity index (χ2n) is 11.2. The van der Waals surface area contributed by atoms with Crippen molar-refractivity contribution in [1.82, 2.24) is 29.9 Å². The minimum Gasteiger partial charge on any atom is -0.399 e. The average Bonchev–Trinajstić information content (AvgIpc) is 3.57. The zero-order chi connectivity index (χ0) is 33.9. The number of hydrogen-bond donors (Lipinski definition) is 4. The smallest absolute Gasteiger partial charge is 0.230 e. The van der Waals surface area contributed by atoms with E-state index in [0.29, 0.717) is 5.95 Å². The Hall–Kier alpha value is -5.03. The fourth-order valence-electron chi connectivity index (χ4n) is 5.71. The van der Waals surface area contributed by atoms with Crippen LogP contribution in [-0.2, 0) is 12.8 Å². The van der Waals surface area contributed by atoms with E-state index < -0.39 is 0 Å². The Balaban J connectivity index is 0.000000159. The first-order valence-electron chi connectivity index (χ1n) is 14.9. The van der Waals surface area contributed by atoms with Crippen LogP contribution in [0.3, 0.4) is 0 Å². The Morgan fingerprint density at radius 3 is 1.37 bits per heavy atom. The summed E-state index contributed by atoms with van der Waals surface area (Å²) in [6.45, 7) is 3.75. The molecule has 0 saturated heterocycles. The average molecular weight is 714 g/mol. The summed E-state index contributed by atoms with van der Waals surface area (Å²) in [5, 5.41) is 6.51. The summed E-state index contributed by atoms with van der Waals surface area (Å²) in [5.41, 5.74) is 25.8. The highest BCUT2D eigenvalue weighted by atomic mass is 35.5. The molecule has 0 fully saturated rings. The SMILES string of the molecule is C.CNc1ccc2c(c1)-c1cc(Nc3nc(C)nc(C)n3)ccc1C2.Clc1nc(Cl)nc(Cl)n1.Nc1ccc2c(c1)-c1cc(N)ccc1C2. The van der Waals surface area contributed by atoms with Gasteiger partial charge in [0.25, 0.3) is 0 Å². The third-order valence-electron chi connectivity index (χ3n) is 7.79. The number of nitrogens with one attached hydrogen (secondary N) is 2. The molecule has 2 aliphatic carbocycles. The fraction of sp³-hybridized carbons (Fsp3) is 0.167. The molecule has 6 aromatic rings. The standard InChI is InChI=1S/C19H19N5.C13H12N2.C3Cl3N3.CH4/c1-11-21-12(2)23-19(22-11)24-16-7-5-14-8-13-4-6-15(20-3)9-17(13)18(14)10-16;14-10-3-1-8-5-9-2-4-11(15)7-13(9)12(8)6-10;4-1-7-2(5)9-3(6)8-1;/h4-7,9-10,20H,8H2,1-3H3,(H,21,22,23,24);1-4,6-7H,5,14-15H2;;1H4. The van der Waals surface area contributed by atoms with Gasteiger partial charge in [0, 0.05) is 29.8 Å². The third kappa shape index (κ3) is 8.34. The molecular formula is C36H35Cl3N10. The molecule has 10 nitrogen and oxygen atoms in total. The van der Waals surface area contributed by atoms with Crippen molar-refractivity contribution in [2.75, 3.05) is 29.1 Å². The number of fused-ring (bicyclic) bond motifs is 6. The summed E-state index contributed by atoms with van der Waals surface area (Å²) in [7, 11) is 1.95. The van der Waals surface area contributed by atoms with Crippen molar-refractivity contribution in [3.8, 4) is 22.3 Å². The maximum Gasteiger partial charge on any atom is 0.230 e. The highest BCUT2D eigenvalue weighted by Crippen LogP contribution is 2.40. The molecule has 2 aromatic heterocycles. The molecule has 0 radical (unpaired) electrons. The van der Waals surface area contributed by atoms with Crippen LogP contribution in [0.25, 0.3) is 22.3 Å². The van der Waals surface area contributed by atoms with E-state index in [1.807, 2.05) is 45.2 Å². The summed E-state index contributed by atoms with van der Waals surface area (Å²) in [4.78, 5) is 23.3. The Labute approximate surface area is 300 Å². The molecule has 0 aliphatic heterocycles. The van der Waals surface area contributed by atoms with Crippen molar-refractivity contribution in [2.45, 2.75) is 34.1 Å². The molecule has 4 aromatic carbocycles. The minimum absolute atomic E-state index is 0. The molecule has 0 spiro atoms. The first-order chi connectivity index (χ1) is 23.0. The predicted molar refractivity (Wildman–Crippen MR) is 202 cm³/mol. The molecule has 2 aliphatic rings. The number of rotatable bonds is 3. The van der Waals surface area contributed by atoms with E-state index >= 15 is 0 Å². The Bertz CT molecular complexity index is 2040. The summed E-state index contributed by atoms with van der Waals surface area (Å²) >= 11 is 16.0. The fourth-order valence-corrected chi connectivity index (χ4v) is 6.32. The monoisotopic (exact) mass is 712 g/mol. The quantitative estimate of drug-likeness (QED) is 0.131. The zero-order valence-corrected chi connectivity index (χ0v) is 28.6. The molecule has 2 heterocycles. The van der Waals surface area contributed by atoms with Gasteiger partial charge in [-0.05, 0) is 155 Å². The van der Waals surface area contributed by atoms with Crippen molar-refractivity contribution in [1.29, 1.82) is 0 Å². The molecular weight excluding hydrogens is 679 g/mol. The lowest BCUT2D eigenvalue weighted by Crippen LogP contribution is -2.02. The molecule has 250 valence electrons. The second-order valence-corrected chi connectivity index (χ2v) is 12.2. The van der Waals surface area contributed by atoms with Crippen LogP contribution in [0.4, 0.5) is 28.7 Å². The first kappa shape index (κ1) is 35.3. The first-order valence-corrected chi connectivity index (χ1v) is 16.1. The molecule has 0 bridgehead atoms. The predicted octanol–water partition coefficient (Wildman–Crippen LogP) is 8.74. The van der Waals surface area contributed by atoms with Crippen molar-refractivity contribution < 1.29 is 0 Å². The minimum atomic E-state index is 0. The topological polar surface area (TPSA) is 153 Å². The molecule has 0 unspecified atom stereocenters. The van der Waals surface area contributed by atoms with Crippen molar-refractivity contribution in [2.24, 2.45) is 0 Å². The van der Waals surface area contributed by atoms with Gasteiger partial charge in [-0.3, -0.25) is 0 Å². The summed E-state index contributed by atoms with van der Waals surface area (Å²) in [6.07, 6.45) is 1.98. The van der Waals surface area contributed by atoms with Gasteiger partial charge in [-0.15, -0.1) is 0 Å². The number of benzene rings is 4. The maximum absolute atomic E-state index is 5.79. The molecule has 8 rings (SSSR count). The second kappa shape index (κ2) is 15.0. The van der Waals surface area contributed by atoms with E-state index in [9.17, 15) is 0 Å². The molecule has 0 amide bonds. The molecule has 0 atom stereocenters. The summed E-state index contributed by atoms with van der Waals surface area (Å²) < 4.78 is 0. The number of aromatic nitrogens is 6. The number of halogens is 3. The lowest BCUT2D eigenvalue weighted by atomic mass is 10.0. The van der Waals surface area contributed by atoms with E-state index in [0.717, 1.165) is 47.2 Å². The zero-order valence-electron chi connectivity index (χ0n) is 26.3. The lowest BCUT2D eigenvalue weighted by molar-refractivity contribution is 0.928. The van der Waals surface area contributed by atoms with Crippen molar-refractivity contribution >= 4 is 63.5 Å². The largest absolute Gasteiger partial charge is 0.399 e. The van der Waals surface area contributed by atoms with Crippen LogP contribution in [0.2, 0.25) is 15.9 Å². The Kier molecular flexibility index (Phi) is 10.8. The van der Waals surface area contributed by atoms with E-state index in [1.165, 1.54) is 44.5 Å². The third-order valence-corrected chi connectivity index (χ3v) is 8.29. The van der Waals surface area contributed by atoms with Crippen LogP contribution in [0.1, 0.15) is 41.3 Å². The van der Waals surface area contributed by atoms with Gasteiger partial charge in [-0.1, -0.05) is 31.7 Å². The Morgan fingerprint density at radius 2 is 0.918 bits per heavy atom. The van der Waals surface area contributed by atoms with Crippen LogP contribution in [0.5, 0.6) is 0 Å². The van der Waals surface area contributed by atoms with Gasteiger partial charge < -0.3 is 22.1 Å². The molecule has 13 heteroatoms. The van der Waals surface area contributed by atoms with Gasteiger partial charge in [0.2, 0.25) is 21.8 Å². The number of aryl methyl sites for hydroxylation is 2. The lowest BCUT2D eigenvalue weighted by Gasteiger charge is -2.09. The van der Waals surface area contributed by atoms with Crippen molar-refractivity contribution in [3.05, 3.63) is 123 Å². The van der Waals surface area contributed by atoms with Crippen LogP contribution in [0.15, 0.2) is 72.8 Å². The van der Waals surface area contributed by atoms with Crippen LogP contribution >= 0.6 is 34.8 Å². The van der Waals surface area contributed by atoms with Gasteiger partial charge >= 0.3 is 0 Å². The van der Waals surface area contributed by atoms with E-state index in [4.69, 9.17) is 46.3 Å².